The third-order valence-corrected chi connectivity index (χ3v) is 4.77. The minimum absolute atomic E-state index is 0.0273. The second-order valence-electron chi connectivity index (χ2n) is 6.32. The average Bonchev–Trinajstić information content (AvgIpc) is 2.62. The lowest BCUT2D eigenvalue weighted by Gasteiger charge is -2.32. The van der Waals surface area contributed by atoms with Crippen LogP contribution in [0, 0.1) is 5.82 Å². The van der Waals surface area contributed by atoms with Crippen LogP contribution in [-0.4, -0.2) is 18.3 Å². The molecule has 23 heavy (non-hydrogen) atoms. The molecule has 0 spiro atoms. The number of hydrogen-bond donors (Lipinski definition) is 0. The Morgan fingerprint density at radius 2 is 1.70 bits per heavy atom. The van der Waals surface area contributed by atoms with Crippen molar-refractivity contribution in [3.05, 3.63) is 39.3 Å². The van der Waals surface area contributed by atoms with Crippen molar-refractivity contribution < 1.29 is 26.9 Å². The zero-order valence-corrected chi connectivity index (χ0v) is 14.7. The summed E-state index contributed by atoms with van der Waals surface area (Å²) in [6, 6.07) is 1.73. The van der Waals surface area contributed by atoms with Gasteiger partial charge >= 0.3 is 7.12 Å². The van der Waals surface area contributed by atoms with Crippen LogP contribution in [0.15, 0.2) is 22.3 Å². The second-order valence-corrected chi connectivity index (χ2v) is 7.17. The molecule has 126 valence electrons. The van der Waals surface area contributed by atoms with E-state index in [1.165, 1.54) is 0 Å². The highest BCUT2D eigenvalue weighted by molar-refractivity contribution is 9.10. The van der Waals surface area contributed by atoms with E-state index in [2.05, 4.69) is 15.9 Å². The summed E-state index contributed by atoms with van der Waals surface area (Å²) in [7, 11) is -1.28. The van der Waals surface area contributed by atoms with Gasteiger partial charge in [-0.25, -0.2) is 17.6 Å². The van der Waals surface area contributed by atoms with E-state index in [0.29, 0.717) is 6.07 Å². The van der Waals surface area contributed by atoms with Crippen molar-refractivity contribution in [1.29, 1.82) is 0 Å². The Bertz CT molecular complexity index is 607. The summed E-state index contributed by atoms with van der Waals surface area (Å²) in [4.78, 5) is 0. The van der Waals surface area contributed by atoms with Crippen molar-refractivity contribution in [2.24, 2.45) is 0 Å². The maximum atomic E-state index is 14.4. The molecule has 1 heterocycles. The van der Waals surface area contributed by atoms with Gasteiger partial charge in [0.05, 0.1) is 11.2 Å². The van der Waals surface area contributed by atoms with Crippen molar-refractivity contribution in [2.75, 3.05) is 0 Å². The van der Waals surface area contributed by atoms with E-state index in [4.69, 9.17) is 9.31 Å². The molecule has 8 heteroatoms. The van der Waals surface area contributed by atoms with Gasteiger partial charge in [-0.1, -0.05) is 15.9 Å². The van der Waals surface area contributed by atoms with E-state index in [9.17, 15) is 17.6 Å². The minimum atomic E-state index is -2.81. The van der Waals surface area contributed by atoms with Crippen LogP contribution in [0.2, 0.25) is 0 Å². The average molecular weight is 395 g/mol. The molecule has 1 aromatic rings. The van der Waals surface area contributed by atoms with Gasteiger partial charge in [0.2, 0.25) is 0 Å². The third kappa shape index (κ3) is 3.64. The first kappa shape index (κ1) is 18.5. The molecule has 0 N–H and O–H groups in total. The monoisotopic (exact) mass is 394 g/mol. The molecular weight excluding hydrogens is 379 g/mol. The molecule has 0 saturated carbocycles. The van der Waals surface area contributed by atoms with Gasteiger partial charge in [0, 0.05) is 15.6 Å². The summed E-state index contributed by atoms with van der Waals surface area (Å²) in [5, 5.41) is 0. The van der Waals surface area contributed by atoms with Crippen LogP contribution in [0.4, 0.5) is 17.6 Å². The summed E-state index contributed by atoms with van der Waals surface area (Å²) >= 11 is 2.98. The van der Waals surface area contributed by atoms with Gasteiger partial charge in [-0.3, -0.25) is 0 Å². The Labute approximate surface area is 141 Å². The molecule has 0 atom stereocenters. The first-order valence-electron chi connectivity index (χ1n) is 6.94. The molecule has 2 nitrogen and oxygen atoms in total. The molecule has 1 aliphatic rings. The minimum Gasteiger partial charge on any atom is -0.398 e. The third-order valence-electron chi connectivity index (χ3n) is 4.11. The lowest BCUT2D eigenvalue weighted by Crippen LogP contribution is -2.41. The van der Waals surface area contributed by atoms with E-state index >= 15 is 0 Å². The maximum Gasteiger partial charge on any atom is 0.525 e. The maximum absolute atomic E-state index is 14.4. The van der Waals surface area contributed by atoms with Crippen LogP contribution in [-0.2, 0) is 9.31 Å². The van der Waals surface area contributed by atoms with Crippen LogP contribution >= 0.6 is 15.9 Å². The van der Waals surface area contributed by atoms with Gasteiger partial charge in [0.25, 0.3) is 6.43 Å². The molecule has 0 amide bonds. The van der Waals surface area contributed by atoms with E-state index < -0.39 is 41.9 Å². The first-order chi connectivity index (χ1) is 10.4. The van der Waals surface area contributed by atoms with Crippen LogP contribution in [0.1, 0.15) is 45.2 Å². The first-order valence-corrected chi connectivity index (χ1v) is 7.74. The molecule has 0 radical (unpaired) electrons. The lowest BCUT2D eigenvalue weighted by atomic mass is 9.86. The Balaban J connectivity index is 2.33. The van der Waals surface area contributed by atoms with Gasteiger partial charge in [-0.05, 0) is 45.9 Å². The topological polar surface area (TPSA) is 18.5 Å². The highest BCUT2D eigenvalue weighted by Gasteiger charge is 2.53. The molecule has 1 saturated heterocycles. The van der Waals surface area contributed by atoms with Crippen molar-refractivity contribution >= 4 is 29.1 Å². The molecule has 0 aliphatic carbocycles. The molecule has 0 bridgehead atoms. The Morgan fingerprint density at radius 1 is 1.17 bits per heavy atom. The number of hydrogen-bond acceptors (Lipinski definition) is 2. The molecule has 2 rings (SSSR count). The summed E-state index contributed by atoms with van der Waals surface area (Å²) in [5.74, 6) is -0.957. The van der Waals surface area contributed by atoms with Crippen LogP contribution in [0.3, 0.4) is 0 Å². The van der Waals surface area contributed by atoms with E-state index in [-0.39, 0.29) is 10.0 Å². The Hall–Kier alpha value is -0.855. The molecule has 1 aliphatic heterocycles. The highest BCUT2D eigenvalue weighted by atomic mass is 79.9. The fourth-order valence-corrected chi connectivity index (χ4v) is 2.60. The summed E-state index contributed by atoms with van der Waals surface area (Å²) in [6.45, 7) is 7.03. The predicted octanol–water partition coefficient (Wildman–Crippen LogP) is 5.47. The van der Waals surface area contributed by atoms with Crippen molar-refractivity contribution in [3.8, 4) is 0 Å². The molecule has 1 fully saturated rings. The number of benzene rings is 1. The molecule has 0 aromatic heterocycles. The number of rotatable bonds is 3. The SMILES string of the molecule is CC1(C)OB(C(F)=Cc2c(F)cc(C(F)F)cc2Br)OC1(C)C. The Morgan fingerprint density at radius 3 is 2.13 bits per heavy atom. The van der Waals surface area contributed by atoms with Gasteiger partial charge in [-0.2, -0.15) is 0 Å². The smallest absolute Gasteiger partial charge is 0.398 e. The van der Waals surface area contributed by atoms with Crippen LogP contribution < -0.4 is 0 Å². The summed E-state index contributed by atoms with van der Waals surface area (Å²) < 4.78 is 64.6. The van der Waals surface area contributed by atoms with Gasteiger partial charge in [0.15, 0.2) is 0 Å². The van der Waals surface area contributed by atoms with Crippen molar-refractivity contribution in [3.63, 3.8) is 0 Å². The molecule has 0 unspecified atom stereocenters. The van der Waals surface area contributed by atoms with Gasteiger partial charge in [-0.15, -0.1) is 0 Å². The summed E-state index contributed by atoms with van der Waals surface area (Å²) in [5.41, 5.74) is -2.98. The highest BCUT2D eigenvalue weighted by Crippen LogP contribution is 2.39. The standard InChI is InChI=1S/C15H16BBrF4O2/c1-14(2)15(3,4)23-16(22-14)12(19)7-9-10(17)5-8(13(20)21)6-11(9)18/h5-7,13H,1-4H3. The zero-order chi connectivity index (χ0) is 17.6. The van der Waals surface area contributed by atoms with E-state index in [1.54, 1.807) is 27.7 Å². The largest absolute Gasteiger partial charge is 0.525 e. The molecular formula is C15H16BBrF4O2. The van der Waals surface area contributed by atoms with Gasteiger partial charge in [0.1, 0.15) is 11.5 Å². The van der Waals surface area contributed by atoms with E-state index in [1.807, 2.05) is 0 Å². The van der Waals surface area contributed by atoms with Crippen LogP contribution in [0.5, 0.6) is 0 Å². The Kier molecular flexibility index (Phi) is 5.00. The quantitative estimate of drug-likeness (QED) is 0.500. The zero-order valence-electron chi connectivity index (χ0n) is 13.1. The van der Waals surface area contributed by atoms with Crippen LogP contribution in [0.25, 0.3) is 6.08 Å². The normalized spacial score (nSPS) is 20.4. The van der Waals surface area contributed by atoms with Gasteiger partial charge < -0.3 is 9.31 Å². The van der Waals surface area contributed by atoms with E-state index in [0.717, 1.165) is 12.1 Å². The fourth-order valence-electron chi connectivity index (χ4n) is 2.03. The molecule has 1 aromatic carbocycles. The van der Waals surface area contributed by atoms with Crippen molar-refractivity contribution in [1.82, 2.24) is 0 Å². The second kappa shape index (κ2) is 6.22. The summed E-state index contributed by atoms with van der Waals surface area (Å²) in [6.07, 6.45) is -1.93. The number of alkyl halides is 2. The number of halogens is 5. The predicted molar refractivity (Wildman–Crippen MR) is 84.2 cm³/mol. The fraction of sp³-hybridized carbons (Fsp3) is 0.467. The van der Waals surface area contributed by atoms with Crippen molar-refractivity contribution in [2.45, 2.75) is 45.3 Å². The lowest BCUT2D eigenvalue weighted by molar-refractivity contribution is 0.00578.